The SMILES string of the molecule is NC(=O)[C@H](NCC1CCCC1)c1ccccc1. The molecule has 0 spiro atoms. The van der Waals surface area contributed by atoms with Crippen LogP contribution in [-0.2, 0) is 4.79 Å². The van der Waals surface area contributed by atoms with Gasteiger partial charge in [-0.05, 0) is 30.9 Å². The van der Waals surface area contributed by atoms with Gasteiger partial charge in [-0.2, -0.15) is 0 Å². The molecule has 2 rings (SSSR count). The summed E-state index contributed by atoms with van der Waals surface area (Å²) >= 11 is 0. The van der Waals surface area contributed by atoms with Gasteiger partial charge in [0.2, 0.25) is 5.91 Å². The van der Waals surface area contributed by atoms with E-state index in [-0.39, 0.29) is 11.9 Å². The fourth-order valence-corrected chi connectivity index (χ4v) is 2.53. The molecule has 92 valence electrons. The Morgan fingerprint density at radius 2 is 1.94 bits per heavy atom. The Kier molecular flexibility index (Phi) is 4.15. The highest BCUT2D eigenvalue weighted by atomic mass is 16.1. The summed E-state index contributed by atoms with van der Waals surface area (Å²) in [5, 5.41) is 3.30. The summed E-state index contributed by atoms with van der Waals surface area (Å²) in [4.78, 5) is 11.5. The summed E-state index contributed by atoms with van der Waals surface area (Å²) in [6.45, 7) is 0.891. The number of rotatable bonds is 5. The summed E-state index contributed by atoms with van der Waals surface area (Å²) < 4.78 is 0. The first-order valence-corrected chi connectivity index (χ1v) is 6.35. The molecule has 0 aliphatic heterocycles. The van der Waals surface area contributed by atoms with Crippen LogP contribution in [0, 0.1) is 5.92 Å². The number of primary amides is 1. The molecule has 0 saturated heterocycles. The second kappa shape index (κ2) is 5.82. The van der Waals surface area contributed by atoms with Crippen LogP contribution in [0.5, 0.6) is 0 Å². The first-order chi connectivity index (χ1) is 8.27. The third kappa shape index (κ3) is 3.30. The lowest BCUT2D eigenvalue weighted by molar-refractivity contribution is -0.120. The molecule has 3 heteroatoms. The van der Waals surface area contributed by atoms with E-state index in [1.54, 1.807) is 0 Å². The molecule has 1 aliphatic rings. The molecular weight excluding hydrogens is 212 g/mol. The highest BCUT2D eigenvalue weighted by Crippen LogP contribution is 2.24. The Hall–Kier alpha value is -1.35. The zero-order chi connectivity index (χ0) is 12.1. The smallest absolute Gasteiger partial charge is 0.239 e. The van der Waals surface area contributed by atoms with Gasteiger partial charge in [0, 0.05) is 0 Å². The quantitative estimate of drug-likeness (QED) is 0.815. The van der Waals surface area contributed by atoms with E-state index in [0.29, 0.717) is 5.92 Å². The molecule has 1 aliphatic carbocycles. The van der Waals surface area contributed by atoms with Crippen molar-refractivity contribution >= 4 is 5.91 Å². The zero-order valence-electron chi connectivity index (χ0n) is 10.1. The fourth-order valence-electron chi connectivity index (χ4n) is 2.53. The van der Waals surface area contributed by atoms with Gasteiger partial charge in [-0.15, -0.1) is 0 Å². The minimum atomic E-state index is -0.350. The zero-order valence-corrected chi connectivity index (χ0v) is 10.1. The third-order valence-electron chi connectivity index (χ3n) is 3.50. The lowest BCUT2D eigenvalue weighted by atomic mass is 10.0. The number of benzene rings is 1. The maximum absolute atomic E-state index is 11.5. The summed E-state index contributed by atoms with van der Waals surface area (Å²) in [5.41, 5.74) is 6.41. The van der Waals surface area contributed by atoms with Gasteiger partial charge in [-0.25, -0.2) is 0 Å². The molecule has 1 saturated carbocycles. The van der Waals surface area contributed by atoms with E-state index in [0.717, 1.165) is 12.1 Å². The molecule has 17 heavy (non-hydrogen) atoms. The second-order valence-electron chi connectivity index (χ2n) is 4.80. The third-order valence-corrected chi connectivity index (χ3v) is 3.50. The van der Waals surface area contributed by atoms with Crippen molar-refractivity contribution in [2.45, 2.75) is 31.7 Å². The van der Waals surface area contributed by atoms with Crippen molar-refractivity contribution in [2.75, 3.05) is 6.54 Å². The van der Waals surface area contributed by atoms with E-state index >= 15 is 0 Å². The summed E-state index contributed by atoms with van der Waals surface area (Å²) in [7, 11) is 0. The summed E-state index contributed by atoms with van der Waals surface area (Å²) in [5.74, 6) is 0.412. The molecule has 0 bridgehead atoms. The van der Waals surface area contributed by atoms with Gasteiger partial charge >= 0.3 is 0 Å². The number of carbonyl (C=O) groups is 1. The molecule has 1 aromatic rings. The van der Waals surface area contributed by atoms with Gasteiger partial charge in [0.1, 0.15) is 6.04 Å². The molecule has 1 amide bonds. The number of carbonyl (C=O) groups excluding carboxylic acids is 1. The van der Waals surface area contributed by atoms with Crippen molar-refractivity contribution in [3.05, 3.63) is 35.9 Å². The molecule has 3 nitrogen and oxygen atoms in total. The summed E-state index contributed by atoms with van der Waals surface area (Å²) in [6, 6.07) is 9.34. The minimum Gasteiger partial charge on any atom is -0.368 e. The molecule has 1 aromatic carbocycles. The van der Waals surface area contributed by atoms with Gasteiger partial charge in [0.05, 0.1) is 0 Å². The van der Waals surface area contributed by atoms with E-state index in [1.807, 2.05) is 30.3 Å². The molecule has 0 aromatic heterocycles. The molecule has 1 atom stereocenters. The van der Waals surface area contributed by atoms with Gasteiger partial charge in [-0.1, -0.05) is 43.2 Å². The van der Waals surface area contributed by atoms with Crippen molar-refractivity contribution in [3.63, 3.8) is 0 Å². The number of hydrogen-bond acceptors (Lipinski definition) is 2. The highest BCUT2D eigenvalue weighted by Gasteiger charge is 2.20. The Labute approximate surface area is 102 Å². The lowest BCUT2D eigenvalue weighted by Gasteiger charge is -2.18. The van der Waals surface area contributed by atoms with Crippen LogP contribution in [0.1, 0.15) is 37.3 Å². The van der Waals surface area contributed by atoms with Crippen LogP contribution < -0.4 is 11.1 Å². The topological polar surface area (TPSA) is 55.1 Å². The Morgan fingerprint density at radius 1 is 1.29 bits per heavy atom. The number of nitrogens with two attached hydrogens (primary N) is 1. The van der Waals surface area contributed by atoms with Crippen molar-refractivity contribution in [1.82, 2.24) is 5.32 Å². The minimum absolute atomic E-state index is 0.297. The first kappa shape index (κ1) is 12.1. The highest BCUT2D eigenvalue weighted by molar-refractivity contribution is 5.81. The molecule has 3 N–H and O–H groups in total. The molecule has 0 radical (unpaired) electrons. The molecule has 0 unspecified atom stereocenters. The normalized spacial score (nSPS) is 18.1. The second-order valence-corrected chi connectivity index (χ2v) is 4.80. The number of amides is 1. The van der Waals surface area contributed by atoms with Crippen molar-refractivity contribution < 1.29 is 4.79 Å². The van der Waals surface area contributed by atoms with Crippen LogP contribution in [0.3, 0.4) is 0 Å². The van der Waals surface area contributed by atoms with Crippen molar-refractivity contribution in [2.24, 2.45) is 11.7 Å². The van der Waals surface area contributed by atoms with Crippen LogP contribution in [0.4, 0.5) is 0 Å². The van der Waals surface area contributed by atoms with E-state index in [2.05, 4.69) is 5.32 Å². The van der Waals surface area contributed by atoms with E-state index < -0.39 is 0 Å². The van der Waals surface area contributed by atoms with Gasteiger partial charge in [0.25, 0.3) is 0 Å². The average Bonchev–Trinajstić information content (AvgIpc) is 2.83. The van der Waals surface area contributed by atoms with Crippen molar-refractivity contribution in [3.8, 4) is 0 Å². The van der Waals surface area contributed by atoms with Gasteiger partial charge in [0.15, 0.2) is 0 Å². The number of nitrogens with one attached hydrogen (secondary N) is 1. The van der Waals surface area contributed by atoms with Crippen molar-refractivity contribution in [1.29, 1.82) is 0 Å². The maximum atomic E-state index is 11.5. The Morgan fingerprint density at radius 3 is 2.53 bits per heavy atom. The predicted molar refractivity (Wildman–Crippen MR) is 68.3 cm³/mol. The van der Waals surface area contributed by atoms with Crippen LogP contribution in [-0.4, -0.2) is 12.5 Å². The van der Waals surface area contributed by atoms with Gasteiger partial charge in [-0.3, -0.25) is 4.79 Å². The first-order valence-electron chi connectivity index (χ1n) is 6.35. The van der Waals surface area contributed by atoms with Crippen LogP contribution >= 0.6 is 0 Å². The average molecular weight is 232 g/mol. The van der Waals surface area contributed by atoms with Crippen LogP contribution in [0.25, 0.3) is 0 Å². The van der Waals surface area contributed by atoms with E-state index in [4.69, 9.17) is 5.73 Å². The lowest BCUT2D eigenvalue weighted by Crippen LogP contribution is -2.36. The number of hydrogen-bond donors (Lipinski definition) is 2. The maximum Gasteiger partial charge on any atom is 0.239 e. The predicted octanol–water partition coefficient (Wildman–Crippen LogP) is 1.99. The molecular formula is C14H20N2O. The van der Waals surface area contributed by atoms with Crippen LogP contribution in [0.2, 0.25) is 0 Å². The van der Waals surface area contributed by atoms with E-state index in [1.165, 1.54) is 25.7 Å². The molecule has 1 fully saturated rings. The standard InChI is InChI=1S/C14H20N2O/c15-14(17)13(12-8-2-1-3-9-12)16-10-11-6-4-5-7-11/h1-3,8-9,11,13,16H,4-7,10H2,(H2,15,17)/t13-/m1/s1. The Bertz CT molecular complexity index is 358. The Balaban J connectivity index is 1.95. The molecule has 0 heterocycles. The monoisotopic (exact) mass is 232 g/mol. The van der Waals surface area contributed by atoms with Gasteiger partial charge < -0.3 is 11.1 Å². The van der Waals surface area contributed by atoms with Crippen LogP contribution in [0.15, 0.2) is 30.3 Å². The van der Waals surface area contributed by atoms with E-state index in [9.17, 15) is 4.79 Å². The fraction of sp³-hybridized carbons (Fsp3) is 0.500. The summed E-state index contributed by atoms with van der Waals surface area (Å²) in [6.07, 6.45) is 5.18. The largest absolute Gasteiger partial charge is 0.368 e.